The Labute approximate surface area is 110 Å². The zero-order valence-corrected chi connectivity index (χ0v) is 11.5. The highest BCUT2D eigenvalue weighted by atomic mass is 16.5. The van der Waals surface area contributed by atoms with Crippen molar-refractivity contribution in [1.82, 2.24) is 5.32 Å². The average Bonchev–Trinajstić information content (AvgIpc) is 2.39. The molecule has 100 valence electrons. The molecule has 0 amide bonds. The van der Waals surface area contributed by atoms with Gasteiger partial charge in [0.05, 0.1) is 6.61 Å². The van der Waals surface area contributed by atoms with Gasteiger partial charge in [-0.15, -0.1) is 0 Å². The molecule has 0 aliphatic heterocycles. The highest BCUT2D eigenvalue weighted by molar-refractivity contribution is 5.75. The number of hydrogen-bond acceptors (Lipinski definition) is 3. The van der Waals surface area contributed by atoms with E-state index in [2.05, 4.69) is 24.4 Å². The third kappa shape index (κ3) is 4.49. The number of esters is 1. The van der Waals surface area contributed by atoms with Crippen molar-refractivity contribution in [1.29, 1.82) is 0 Å². The molecule has 0 saturated heterocycles. The molecule has 1 aromatic rings. The minimum Gasteiger partial charge on any atom is -0.465 e. The van der Waals surface area contributed by atoms with Crippen LogP contribution >= 0.6 is 0 Å². The Morgan fingerprint density at radius 2 is 1.94 bits per heavy atom. The van der Waals surface area contributed by atoms with Crippen molar-refractivity contribution in [3.63, 3.8) is 0 Å². The van der Waals surface area contributed by atoms with Crippen LogP contribution in [0.15, 0.2) is 30.3 Å². The maximum absolute atomic E-state index is 11.6. The normalized spacial score (nSPS) is 13.9. The van der Waals surface area contributed by atoms with Crippen molar-refractivity contribution in [2.45, 2.75) is 45.7 Å². The van der Waals surface area contributed by atoms with Gasteiger partial charge in [0.25, 0.3) is 0 Å². The molecule has 0 aliphatic rings. The Kier molecular flexibility index (Phi) is 6.44. The van der Waals surface area contributed by atoms with Crippen LogP contribution in [0.5, 0.6) is 0 Å². The van der Waals surface area contributed by atoms with E-state index in [4.69, 9.17) is 4.74 Å². The monoisotopic (exact) mass is 249 g/mol. The van der Waals surface area contributed by atoms with E-state index in [-0.39, 0.29) is 18.1 Å². The molecule has 0 radical (unpaired) electrons. The fraction of sp³-hybridized carbons (Fsp3) is 0.533. The van der Waals surface area contributed by atoms with Gasteiger partial charge < -0.3 is 4.74 Å². The molecule has 0 aromatic heterocycles. The van der Waals surface area contributed by atoms with Crippen molar-refractivity contribution in [2.24, 2.45) is 0 Å². The van der Waals surface area contributed by atoms with Gasteiger partial charge in [0.2, 0.25) is 0 Å². The van der Waals surface area contributed by atoms with E-state index in [1.54, 1.807) is 0 Å². The quantitative estimate of drug-likeness (QED) is 0.755. The van der Waals surface area contributed by atoms with Crippen molar-refractivity contribution in [3.8, 4) is 0 Å². The molecule has 3 nitrogen and oxygen atoms in total. The van der Waals surface area contributed by atoms with E-state index in [1.807, 2.05) is 32.0 Å². The number of rotatable bonds is 7. The summed E-state index contributed by atoms with van der Waals surface area (Å²) in [6.45, 7) is 6.25. The second-order valence-corrected chi connectivity index (χ2v) is 4.39. The van der Waals surface area contributed by atoms with Crippen molar-refractivity contribution in [2.75, 3.05) is 6.61 Å². The SMILES string of the molecule is CCCC(NC(C)C(=O)OCC)c1ccccc1. The van der Waals surface area contributed by atoms with Crippen molar-refractivity contribution in [3.05, 3.63) is 35.9 Å². The minimum absolute atomic E-state index is 0.186. The molecule has 3 heteroatoms. The highest BCUT2D eigenvalue weighted by Crippen LogP contribution is 2.18. The number of benzene rings is 1. The van der Waals surface area contributed by atoms with E-state index in [0.717, 1.165) is 12.8 Å². The Bertz CT molecular complexity index is 351. The number of nitrogens with one attached hydrogen (secondary N) is 1. The molecular formula is C15H23NO2. The van der Waals surface area contributed by atoms with Gasteiger partial charge in [-0.3, -0.25) is 10.1 Å². The fourth-order valence-electron chi connectivity index (χ4n) is 1.96. The molecule has 18 heavy (non-hydrogen) atoms. The fourth-order valence-corrected chi connectivity index (χ4v) is 1.96. The Hall–Kier alpha value is -1.35. The van der Waals surface area contributed by atoms with E-state index in [9.17, 15) is 4.79 Å². The zero-order chi connectivity index (χ0) is 13.4. The summed E-state index contributed by atoms with van der Waals surface area (Å²) in [4.78, 5) is 11.6. The molecule has 1 N–H and O–H groups in total. The Balaban J connectivity index is 2.66. The molecule has 0 bridgehead atoms. The molecule has 0 fully saturated rings. The molecular weight excluding hydrogens is 226 g/mol. The summed E-state index contributed by atoms with van der Waals surface area (Å²) >= 11 is 0. The third-order valence-corrected chi connectivity index (χ3v) is 2.87. The van der Waals surface area contributed by atoms with Crippen LogP contribution in [0, 0.1) is 0 Å². The predicted octanol–water partition coefficient (Wildman–Crippen LogP) is 3.07. The predicted molar refractivity (Wildman–Crippen MR) is 73.3 cm³/mol. The second-order valence-electron chi connectivity index (χ2n) is 4.39. The van der Waals surface area contributed by atoms with E-state index in [0.29, 0.717) is 6.61 Å². The van der Waals surface area contributed by atoms with Gasteiger partial charge in [-0.25, -0.2) is 0 Å². The largest absolute Gasteiger partial charge is 0.465 e. The Morgan fingerprint density at radius 1 is 1.28 bits per heavy atom. The van der Waals surface area contributed by atoms with Gasteiger partial charge in [-0.05, 0) is 25.8 Å². The third-order valence-electron chi connectivity index (χ3n) is 2.87. The number of carbonyl (C=O) groups is 1. The molecule has 2 atom stereocenters. The first kappa shape index (κ1) is 14.7. The smallest absolute Gasteiger partial charge is 0.322 e. The van der Waals surface area contributed by atoms with Gasteiger partial charge in [0, 0.05) is 6.04 Å². The second kappa shape index (κ2) is 7.88. The molecule has 0 saturated carbocycles. The van der Waals surface area contributed by atoms with Gasteiger partial charge in [0.1, 0.15) is 6.04 Å². The maximum atomic E-state index is 11.6. The highest BCUT2D eigenvalue weighted by Gasteiger charge is 2.19. The lowest BCUT2D eigenvalue weighted by Gasteiger charge is -2.22. The van der Waals surface area contributed by atoms with Crippen molar-refractivity contribution >= 4 is 5.97 Å². The average molecular weight is 249 g/mol. The molecule has 0 spiro atoms. The van der Waals surface area contributed by atoms with Gasteiger partial charge in [0.15, 0.2) is 0 Å². The van der Waals surface area contributed by atoms with E-state index in [1.165, 1.54) is 5.56 Å². The first-order valence-corrected chi connectivity index (χ1v) is 6.66. The van der Waals surface area contributed by atoms with Crippen LogP contribution in [0.4, 0.5) is 0 Å². The lowest BCUT2D eigenvalue weighted by molar-refractivity contribution is -0.145. The summed E-state index contributed by atoms with van der Waals surface area (Å²) in [5.41, 5.74) is 1.22. The molecule has 1 aromatic carbocycles. The molecule has 0 heterocycles. The summed E-state index contributed by atoms with van der Waals surface area (Å²) in [5, 5.41) is 3.34. The zero-order valence-electron chi connectivity index (χ0n) is 11.5. The standard InChI is InChI=1S/C15H23NO2/c1-4-9-14(13-10-7-6-8-11-13)16-12(3)15(17)18-5-2/h6-8,10-12,14,16H,4-5,9H2,1-3H3. The summed E-state index contributed by atoms with van der Waals surface area (Å²) in [5.74, 6) is -0.186. The van der Waals surface area contributed by atoms with Crippen molar-refractivity contribution < 1.29 is 9.53 Å². The first-order chi connectivity index (χ1) is 8.69. The molecule has 0 aliphatic carbocycles. The lowest BCUT2D eigenvalue weighted by Crippen LogP contribution is -2.38. The molecule has 2 unspecified atom stereocenters. The lowest BCUT2D eigenvalue weighted by atomic mass is 10.0. The van der Waals surface area contributed by atoms with Crippen LogP contribution in [0.25, 0.3) is 0 Å². The summed E-state index contributed by atoms with van der Waals surface area (Å²) < 4.78 is 5.02. The first-order valence-electron chi connectivity index (χ1n) is 6.66. The van der Waals surface area contributed by atoms with Gasteiger partial charge in [-0.1, -0.05) is 43.7 Å². The number of hydrogen-bond donors (Lipinski definition) is 1. The summed E-state index contributed by atoms with van der Waals surface area (Å²) in [7, 11) is 0. The summed E-state index contributed by atoms with van der Waals surface area (Å²) in [6.07, 6.45) is 2.08. The maximum Gasteiger partial charge on any atom is 0.322 e. The van der Waals surface area contributed by atoms with Crippen LogP contribution in [0.2, 0.25) is 0 Å². The summed E-state index contributed by atoms with van der Waals surface area (Å²) in [6, 6.07) is 10.2. The van der Waals surface area contributed by atoms with Gasteiger partial charge >= 0.3 is 5.97 Å². The van der Waals surface area contributed by atoms with Gasteiger partial charge in [-0.2, -0.15) is 0 Å². The van der Waals surface area contributed by atoms with Crippen LogP contribution in [0.1, 0.15) is 45.2 Å². The van der Waals surface area contributed by atoms with Crippen LogP contribution in [-0.4, -0.2) is 18.6 Å². The number of ether oxygens (including phenoxy) is 1. The van der Waals surface area contributed by atoms with Crippen LogP contribution in [0.3, 0.4) is 0 Å². The Morgan fingerprint density at radius 3 is 2.50 bits per heavy atom. The van der Waals surface area contributed by atoms with Crippen LogP contribution < -0.4 is 5.32 Å². The topological polar surface area (TPSA) is 38.3 Å². The van der Waals surface area contributed by atoms with Crippen LogP contribution in [-0.2, 0) is 9.53 Å². The van der Waals surface area contributed by atoms with E-state index >= 15 is 0 Å². The molecule has 1 rings (SSSR count). The minimum atomic E-state index is -0.276. The van der Waals surface area contributed by atoms with E-state index < -0.39 is 0 Å². The number of carbonyl (C=O) groups excluding carboxylic acids is 1.